The molecule has 182 valence electrons. The molecule has 0 radical (unpaired) electrons. The molecule has 0 aliphatic rings. The molecule has 0 spiro atoms. The van der Waals surface area contributed by atoms with Crippen molar-refractivity contribution in [3.05, 3.63) is 0 Å². The van der Waals surface area contributed by atoms with E-state index in [1.807, 2.05) is 0 Å². The number of alkyl halides is 1. The van der Waals surface area contributed by atoms with E-state index in [9.17, 15) is 0 Å². The summed E-state index contributed by atoms with van der Waals surface area (Å²) in [6, 6.07) is 0. The normalized spacial score (nSPS) is 14.4. The van der Waals surface area contributed by atoms with Crippen molar-refractivity contribution < 1.29 is 15.3 Å². The van der Waals surface area contributed by atoms with Gasteiger partial charge in [-0.05, 0) is 18.3 Å². The lowest BCUT2D eigenvalue weighted by molar-refractivity contribution is -0.309. The first-order chi connectivity index (χ1) is 14.4. The molecule has 3 nitrogen and oxygen atoms in total. The van der Waals surface area contributed by atoms with Crippen molar-refractivity contribution in [1.82, 2.24) is 0 Å². The van der Waals surface area contributed by atoms with Crippen molar-refractivity contribution in [3.8, 4) is 0 Å². The maximum atomic E-state index is 9.08. The lowest BCUT2D eigenvalue weighted by Crippen LogP contribution is -2.37. The Morgan fingerprint density at radius 1 is 0.500 bits per heavy atom. The second-order valence-electron chi connectivity index (χ2n) is 9.51. The number of rotatable bonds is 22. The summed E-state index contributed by atoms with van der Waals surface area (Å²) in [4.78, 5) is -0.663. The van der Waals surface area contributed by atoms with Crippen LogP contribution in [0.15, 0.2) is 0 Å². The summed E-state index contributed by atoms with van der Waals surface area (Å²) in [5.74, 6) is -0.678. The summed E-state index contributed by atoms with van der Waals surface area (Å²) in [6.45, 7) is 6.99. The van der Waals surface area contributed by atoms with Crippen molar-refractivity contribution in [1.29, 1.82) is 0 Å². The van der Waals surface area contributed by atoms with Gasteiger partial charge in [0.25, 0.3) is 5.97 Å². The molecule has 0 heterocycles. The molecule has 0 rings (SSSR count). The van der Waals surface area contributed by atoms with E-state index in [1.54, 1.807) is 0 Å². The lowest BCUT2D eigenvalue weighted by Gasteiger charge is -2.27. The molecule has 2 atom stereocenters. The summed E-state index contributed by atoms with van der Waals surface area (Å²) >= 11 is 3.12. The van der Waals surface area contributed by atoms with Crippen LogP contribution in [-0.4, -0.2) is 26.1 Å². The van der Waals surface area contributed by atoms with Crippen LogP contribution in [0.2, 0.25) is 0 Å². The quantitative estimate of drug-likeness (QED) is 0.0811. The van der Waals surface area contributed by atoms with Crippen LogP contribution in [-0.2, 0) is 0 Å². The van der Waals surface area contributed by atoms with Gasteiger partial charge in [-0.2, -0.15) is 0 Å². The van der Waals surface area contributed by atoms with Gasteiger partial charge in [0, 0.05) is 0 Å². The van der Waals surface area contributed by atoms with Gasteiger partial charge in [-0.3, -0.25) is 0 Å². The van der Waals surface area contributed by atoms with Crippen molar-refractivity contribution in [3.63, 3.8) is 0 Å². The number of hydrogen-bond donors (Lipinski definition) is 3. The number of hydrogen-bond acceptors (Lipinski definition) is 3. The van der Waals surface area contributed by atoms with E-state index in [4.69, 9.17) is 15.3 Å². The third-order valence-corrected chi connectivity index (χ3v) is 7.73. The number of halogens is 1. The molecule has 0 fully saturated rings. The minimum absolute atomic E-state index is 0.583. The Balaban J connectivity index is 3.96. The van der Waals surface area contributed by atoms with Crippen LogP contribution in [0.25, 0.3) is 0 Å². The fraction of sp³-hybridized carbons (Fsp3) is 1.00. The minimum atomic E-state index is -2.60. The Bertz CT molecular complexity index is 349. The van der Waals surface area contributed by atoms with Gasteiger partial charge in [0.15, 0.2) is 0 Å². The average molecular weight is 494 g/mol. The first kappa shape index (κ1) is 30.4. The highest BCUT2D eigenvalue weighted by Gasteiger charge is 2.28. The Labute approximate surface area is 196 Å². The van der Waals surface area contributed by atoms with Crippen LogP contribution < -0.4 is 0 Å². The SMILES string of the molecule is CCCCC(CCCC)C(CCCC)CCCCCCCCCCC(Br)C(O)(O)O. The van der Waals surface area contributed by atoms with E-state index >= 15 is 0 Å². The van der Waals surface area contributed by atoms with E-state index in [0.29, 0.717) is 6.42 Å². The molecule has 0 saturated carbocycles. The Hall–Kier alpha value is 0.360. The predicted octanol–water partition coefficient (Wildman–Crippen LogP) is 8.08. The number of unbranched alkanes of at least 4 members (excludes halogenated alkanes) is 10. The van der Waals surface area contributed by atoms with Crippen LogP contribution in [0.5, 0.6) is 0 Å². The largest absolute Gasteiger partial charge is 0.343 e. The molecular weight excluding hydrogens is 440 g/mol. The predicted molar refractivity (Wildman–Crippen MR) is 134 cm³/mol. The molecule has 0 aromatic rings. The third kappa shape index (κ3) is 17.0. The first-order valence-corrected chi connectivity index (χ1v) is 14.1. The maximum Gasteiger partial charge on any atom is 0.288 e. The Kier molecular flexibility index (Phi) is 20.2. The van der Waals surface area contributed by atoms with E-state index < -0.39 is 10.8 Å². The van der Waals surface area contributed by atoms with Crippen molar-refractivity contribution in [2.24, 2.45) is 11.8 Å². The molecule has 3 N–H and O–H groups in total. The van der Waals surface area contributed by atoms with Crippen molar-refractivity contribution in [2.45, 2.75) is 154 Å². The van der Waals surface area contributed by atoms with Gasteiger partial charge < -0.3 is 15.3 Å². The molecule has 0 aromatic carbocycles. The van der Waals surface area contributed by atoms with E-state index in [2.05, 4.69) is 36.7 Å². The van der Waals surface area contributed by atoms with Gasteiger partial charge in [-0.1, -0.05) is 152 Å². The fourth-order valence-electron chi connectivity index (χ4n) is 4.61. The third-order valence-electron chi connectivity index (χ3n) is 6.65. The summed E-state index contributed by atoms with van der Waals surface area (Å²) in [6.07, 6.45) is 24.5. The highest BCUT2D eigenvalue weighted by Crippen LogP contribution is 2.32. The zero-order valence-corrected chi connectivity index (χ0v) is 22.0. The van der Waals surface area contributed by atoms with Gasteiger partial charge in [0.2, 0.25) is 0 Å². The monoisotopic (exact) mass is 492 g/mol. The first-order valence-electron chi connectivity index (χ1n) is 13.2. The summed E-state index contributed by atoms with van der Waals surface area (Å²) in [7, 11) is 0. The summed E-state index contributed by atoms with van der Waals surface area (Å²) < 4.78 is 0. The van der Waals surface area contributed by atoms with E-state index in [0.717, 1.165) is 24.7 Å². The summed E-state index contributed by atoms with van der Waals surface area (Å²) in [5, 5.41) is 27.2. The van der Waals surface area contributed by atoms with Crippen LogP contribution in [0.3, 0.4) is 0 Å². The molecule has 2 unspecified atom stereocenters. The fourth-order valence-corrected chi connectivity index (χ4v) is 4.94. The van der Waals surface area contributed by atoms with Gasteiger partial charge in [0.05, 0.1) is 4.83 Å². The molecular formula is C26H53BrO3. The molecule has 0 bridgehead atoms. The van der Waals surface area contributed by atoms with Crippen LogP contribution in [0, 0.1) is 11.8 Å². The highest BCUT2D eigenvalue weighted by atomic mass is 79.9. The minimum Gasteiger partial charge on any atom is -0.343 e. The standard InChI is InChI=1S/C26H53BrO3/c1-4-7-18-23(19-8-5-2)24(20-9-6-3)21-16-14-12-10-11-13-15-17-22-25(27)26(28,29)30/h23-25,28-30H,4-22H2,1-3H3. The Morgan fingerprint density at radius 2 is 0.800 bits per heavy atom. The molecule has 0 aliphatic carbocycles. The highest BCUT2D eigenvalue weighted by molar-refractivity contribution is 9.09. The second-order valence-corrected chi connectivity index (χ2v) is 10.6. The number of aliphatic hydroxyl groups is 3. The topological polar surface area (TPSA) is 60.7 Å². The molecule has 0 aliphatic heterocycles. The van der Waals surface area contributed by atoms with Gasteiger partial charge >= 0.3 is 0 Å². The van der Waals surface area contributed by atoms with Gasteiger partial charge in [-0.25, -0.2) is 0 Å². The second kappa shape index (κ2) is 20.0. The van der Waals surface area contributed by atoms with Crippen LogP contribution in [0.4, 0.5) is 0 Å². The molecule has 0 aromatic heterocycles. The zero-order valence-electron chi connectivity index (χ0n) is 20.4. The van der Waals surface area contributed by atoms with E-state index in [-0.39, 0.29) is 0 Å². The molecule has 4 heteroatoms. The van der Waals surface area contributed by atoms with Crippen LogP contribution in [0.1, 0.15) is 143 Å². The molecule has 0 amide bonds. The van der Waals surface area contributed by atoms with Gasteiger partial charge in [-0.15, -0.1) is 0 Å². The summed E-state index contributed by atoms with van der Waals surface area (Å²) in [5.41, 5.74) is 0. The van der Waals surface area contributed by atoms with Gasteiger partial charge in [0.1, 0.15) is 0 Å². The average Bonchev–Trinajstić information content (AvgIpc) is 2.71. The van der Waals surface area contributed by atoms with E-state index in [1.165, 1.54) is 103 Å². The lowest BCUT2D eigenvalue weighted by atomic mass is 9.78. The maximum absolute atomic E-state index is 9.08. The van der Waals surface area contributed by atoms with Crippen molar-refractivity contribution in [2.75, 3.05) is 0 Å². The Morgan fingerprint density at radius 3 is 1.13 bits per heavy atom. The zero-order chi connectivity index (χ0) is 22.7. The smallest absolute Gasteiger partial charge is 0.288 e. The molecule has 0 saturated heterocycles. The molecule has 30 heavy (non-hydrogen) atoms. The van der Waals surface area contributed by atoms with Crippen molar-refractivity contribution >= 4 is 15.9 Å². The van der Waals surface area contributed by atoms with Crippen LogP contribution >= 0.6 is 15.9 Å².